The Morgan fingerprint density at radius 1 is 1.09 bits per heavy atom. The first-order valence-corrected chi connectivity index (χ1v) is 10.9. The van der Waals surface area contributed by atoms with Gasteiger partial charge in [-0.1, -0.05) is 18.2 Å². The third kappa shape index (κ3) is 6.41. The molecular weight excluding hydrogens is 438 g/mol. The predicted molar refractivity (Wildman–Crippen MR) is 126 cm³/mol. The van der Waals surface area contributed by atoms with Gasteiger partial charge in [-0.3, -0.25) is 14.4 Å². The number of carbonyl (C=O) groups is 4. The summed E-state index contributed by atoms with van der Waals surface area (Å²) in [6.45, 7) is 2.54. The molecule has 34 heavy (non-hydrogen) atoms. The van der Waals surface area contributed by atoms with Crippen molar-refractivity contribution in [3.05, 3.63) is 65.7 Å². The molecule has 10 nitrogen and oxygen atoms in total. The normalized spacial score (nSPS) is 15.7. The molecule has 1 atom stereocenters. The number of nitrogens with zero attached hydrogens (tertiary/aromatic N) is 2. The Hall–Kier alpha value is -4.21. The molecule has 1 aliphatic rings. The van der Waals surface area contributed by atoms with Crippen molar-refractivity contribution in [3.63, 3.8) is 0 Å². The van der Waals surface area contributed by atoms with Crippen LogP contribution in [0.3, 0.4) is 0 Å². The first kappa shape index (κ1) is 24.4. The Kier molecular flexibility index (Phi) is 8.33. The zero-order valence-corrected chi connectivity index (χ0v) is 18.8. The number of aliphatic imine (C=N–C) groups is 1. The van der Waals surface area contributed by atoms with E-state index in [-0.39, 0.29) is 31.3 Å². The molecule has 0 spiro atoms. The van der Waals surface area contributed by atoms with Gasteiger partial charge in [-0.25, -0.2) is 4.79 Å². The number of ether oxygens (including phenoxy) is 1. The van der Waals surface area contributed by atoms with Crippen molar-refractivity contribution in [2.24, 2.45) is 10.7 Å². The van der Waals surface area contributed by atoms with E-state index >= 15 is 0 Å². The maximum Gasteiger partial charge on any atom is 0.315 e. The Labute approximate surface area is 197 Å². The van der Waals surface area contributed by atoms with Crippen molar-refractivity contribution in [1.29, 1.82) is 0 Å². The van der Waals surface area contributed by atoms with Crippen LogP contribution in [-0.4, -0.2) is 55.4 Å². The summed E-state index contributed by atoms with van der Waals surface area (Å²) in [7, 11) is 0. The lowest BCUT2D eigenvalue weighted by molar-refractivity contribution is -0.142. The summed E-state index contributed by atoms with van der Waals surface area (Å²) in [4.78, 5) is 53.8. The lowest BCUT2D eigenvalue weighted by atomic mass is 10.1. The van der Waals surface area contributed by atoms with E-state index in [0.29, 0.717) is 29.8 Å². The summed E-state index contributed by atoms with van der Waals surface area (Å²) in [5.41, 5.74) is 7.61. The Balaban J connectivity index is 1.54. The quantitative estimate of drug-likeness (QED) is 0.307. The first-order valence-electron chi connectivity index (χ1n) is 10.9. The number of amides is 4. The molecule has 2 aromatic rings. The maximum atomic E-state index is 12.7. The highest BCUT2D eigenvalue weighted by atomic mass is 16.5. The van der Waals surface area contributed by atoms with Gasteiger partial charge in [-0.05, 0) is 49.7 Å². The van der Waals surface area contributed by atoms with E-state index in [2.05, 4.69) is 15.6 Å². The van der Waals surface area contributed by atoms with Crippen molar-refractivity contribution < 1.29 is 23.9 Å². The lowest BCUT2D eigenvalue weighted by Gasteiger charge is -2.18. The van der Waals surface area contributed by atoms with Gasteiger partial charge in [0.15, 0.2) is 0 Å². The molecule has 1 heterocycles. The van der Waals surface area contributed by atoms with Crippen LogP contribution in [-0.2, 0) is 14.3 Å². The molecule has 1 fully saturated rings. The minimum atomic E-state index is -0.669. The molecule has 4 N–H and O–H groups in total. The topological polar surface area (TPSA) is 143 Å². The van der Waals surface area contributed by atoms with E-state index < -0.39 is 23.9 Å². The van der Waals surface area contributed by atoms with Crippen LogP contribution in [0.2, 0.25) is 0 Å². The van der Waals surface area contributed by atoms with E-state index in [1.165, 1.54) is 0 Å². The number of rotatable bonds is 8. The zero-order valence-electron chi connectivity index (χ0n) is 18.8. The number of benzene rings is 2. The summed E-state index contributed by atoms with van der Waals surface area (Å²) in [6, 6.07) is 14.2. The number of urea groups is 1. The largest absolute Gasteiger partial charge is 0.466 e. The van der Waals surface area contributed by atoms with Gasteiger partial charge in [0.1, 0.15) is 11.9 Å². The van der Waals surface area contributed by atoms with E-state index in [4.69, 9.17) is 10.5 Å². The van der Waals surface area contributed by atoms with Crippen LogP contribution < -0.4 is 21.3 Å². The van der Waals surface area contributed by atoms with Crippen molar-refractivity contribution in [2.75, 3.05) is 24.6 Å². The first-order chi connectivity index (χ1) is 16.4. The molecule has 2 aromatic carbocycles. The molecule has 1 saturated heterocycles. The molecule has 0 aromatic heterocycles. The molecule has 3 rings (SSSR count). The third-order valence-corrected chi connectivity index (χ3v) is 5.15. The van der Waals surface area contributed by atoms with Gasteiger partial charge in [0.2, 0.25) is 5.91 Å². The molecule has 10 heteroatoms. The molecule has 178 valence electrons. The van der Waals surface area contributed by atoms with E-state index in [9.17, 15) is 19.2 Å². The Morgan fingerprint density at radius 2 is 1.79 bits per heavy atom. The van der Waals surface area contributed by atoms with Crippen LogP contribution in [0.4, 0.5) is 10.5 Å². The fraction of sp³-hybridized carbons (Fsp3) is 0.292. The van der Waals surface area contributed by atoms with Gasteiger partial charge in [0.05, 0.1) is 13.0 Å². The number of nitrogens with one attached hydrogen (secondary N) is 2. The predicted octanol–water partition coefficient (Wildman–Crippen LogP) is 1.59. The zero-order chi connectivity index (χ0) is 24.5. The average molecular weight is 466 g/mol. The minimum absolute atomic E-state index is 0.0573. The second kappa shape index (κ2) is 11.6. The van der Waals surface area contributed by atoms with Crippen LogP contribution >= 0.6 is 0 Å². The van der Waals surface area contributed by atoms with E-state index in [1.807, 2.05) is 0 Å². The smallest absolute Gasteiger partial charge is 0.315 e. The van der Waals surface area contributed by atoms with Crippen LogP contribution in [0.1, 0.15) is 35.7 Å². The van der Waals surface area contributed by atoms with Crippen molar-refractivity contribution in [1.82, 2.24) is 10.6 Å². The number of nitrogens with two attached hydrogens (primary N) is 1. The summed E-state index contributed by atoms with van der Waals surface area (Å²) in [6.07, 6.45) is 0.503. The number of anilines is 1. The van der Waals surface area contributed by atoms with Crippen molar-refractivity contribution in [3.8, 4) is 0 Å². The SMILES string of the molecule is CCOC(=O)CCNC(=O)NC1CCN(c2ccc(C(N)=NC(=O)c3ccccc3)cc2)C1=O. The summed E-state index contributed by atoms with van der Waals surface area (Å²) >= 11 is 0. The molecule has 1 aliphatic heterocycles. The highest BCUT2D eigenvalue weighted by Crippen LogP contribution is 2.22. The second-order valence-corrected chi connectivity index (χ2v) is 7.50. The maximum absolute atomic E-state index is 12.7. The summed E-state index contributed by atoms with van der Waals surface area (Å²) in [5.74, 6) is -1.00. The lowest BCUT2D eigenvalue weighted by Crippen LogP contribution is -2.46. The van der Waals surface area contributed by atoms with Crippen LogP contribution in [0.25, 0.3) is 0 Å². The minimum Gasteiger partial charge on any atom is -0.466 e. The fourth-order valence-electron chi connectivity index (χ4n) is 3.42. The Bertz CT molecular complexity index is 1070. The molecule has 0 aliphatic carbocycles. The van der Waals surface area contributed by atoms with E-state index in [0.717, 1.165) is 0 Å². The number of hydrogen-bond acceptors (Lipinski definition) is 5. The highest BCUT2D eigenvalue weighted by molar-refractivity contribution is 6.09. The molecule has 0 radical (unpaired) electrons. The molecule has 0 saturated carbocycles. The van der Waals surface area contributed by atoms with Gasteiger partial charge in [-0.15, -0.1) is 0 Å². The monoisotopic (exact) mass is 465 g/mol. The fourth-order valence-corrected chi connectivity index (χ4v) is 3.42. The molecular formula is C24H27N5O5. The number of hydrogen-bond donors (Lipinski definition) is 3. The number of carbonyl (C=O) groups excluding carboxylic acids is 4. The summed E-state index contributed by atoms with van der Waals surface area (Å²) in [5, 5.41) is 5.18. The van der Waals surface area contributed by atoms with Gasteiger partial charge < -0.3 is 26.0 Å². The van der Waals surface area contributed by atoms with Crippen LogP contribution in [0, 0.1) is 0 Å². The van der Waals surface area contributed by atoms with Crippen molar-refractivity contribution in [2.45, 2.75) is 25.8 Å². The number of esters is 1. The second-order valence-electron chi connectivity index (χ2n) is 7.50. The van der Waals surface area contributed by atoms with E-state index in [1.54, 1.807) is 66.4 Å². The van der Waals surface area contributed by atoms with Crippen molar-refractivity contribution >= 4 is 35.3 Å². The molecule has 4 amide bonds. The van der Waals surface area contributed by atoms with Crippen LogP contribution in [0.15, 0.2) is 59.6 Å². The molecule has 1 unspecified atom stereocenters. The van der Waals surface area contributed by atoms with Gasteiger partial charge >= 0.3 is 12.0 Å². The third-order valence-electron chi connectivity index (χ3n) is 5.15. The standard InChI is InChI=1S/C24H27N5O5/c1-2-34-20(30)12-14-26-24(33)27-19-13-15-29(23(19)32)18-10-8-16(9-11-18)21(25)28-22(31)17-6-4-3-5-7-17/h3-11,19H,2,12-15H2,1H3,(H2,25,28,31)(H2,26,27,33). The Morgan fingerprint density at radius 3 is 2.47 bits per heavy atom. The number of amidine groups is 1. The summed E-state index contributed by atoms with van der Waals surface area (Å²) < 4.78 is 4.80. The molecule has 0 bridgehead atoms. The van der Waals surface area contributed by atoms with Gasteiger partial charge in [0.25, 0.3) is 5.91 Å². The van der Waals surface area contributed by atoms with Gasteiger partial charge in [-0.2, -0.15) is 4.99 Å². The highest BCUT2D eigenvalue weighted by Gasteiger charge is 2.33. The van der Waals surface area contributed by atoms with Gasteiger partial charge in [0, 0.05) is 29.9 Å². The van der Waals surface area contributed by atoms with Crippen LogP contribution in [0.5, 0.6) is 0 Å². The average Bonchev–Trinajstić information content (AvgIpc) is 3.19.